The van der Waals surface area contributed by atoms with Crippen molar-refractivity contribution in [3.63, 3.8) is 0 Å². The number of fused-ring (bicyclic) bond motifs is 1. The maximum absolute atomic E-state index is 13.3. The standard InChI is InChI=1S/C24H22N4O2S2/c1-16(23(29)27-14-13-17-8-3-4-9-18(17)27)32-24-26-25-22(21-12-7-15-31-21)28(24)19-10-5-6-11-20(19)30-2/h3-12,15-16H,13-14H2,1-2H3. The van der Waals surface area contributed by atoms with E-state index in [2.05, 4.69) is 16.3 Å². The molecule has 1 unspecified atom stereocenters. The molecule has 0 radical (unpaired) electrons. The van der Waals surface area contributed by atoms with Crippen LogP contribution in [0.25, 0.3) is 16.4 Å². The number of hydrogen-bond donors (Lipinski definition) is 0. The van der Waals surface area contributed by atoms with Gasteiger partial charge in [-0.3, -0.25) is 9.36 Å². The van der Waals surface area contributed by atoms with Gasteiger partial charge in [0.15, 0.2) is 11.0 Å². The Balaban J connectivity index is 1.50. The van der Waals surface area contributed by atoms with Crippen molar-refractivity contribution in [1.82, 2.24) is 14.8 Å². The number of nitrogens with zero attached hydrogens (tertiary/aromatic N) is 4. The molecule has 0 fully saturated rings. The smallest absolute Gasteiger partial charge is 0.240 e. The molecule has 32 heavy (non-hydrogen) atoms. The van der Waals surface area contributed by atoms with Gasteiger partial charge in [0.05, 0.1) is 22.9 Å². The highest BCUT2D eigenvalue weighted by molar-refractivity contribution is 8.00. The number of hydrogen-bond acceptors (Lipinski definition) is 6. The molecule has 0 saturated heterocycles. The van der Waals surface area contributed by atoms with E-state index in [9.17, 15) is 4.79 Å². The maximum atomic E-state index is 13.3. The molecular weight excluding hydrogens is 440 g/mol. The zero-order valence-electron chi connectivity index (χ0n) is 17.8. The van der Waals surface area contributed by atoms with Crippen LogP contribution in [0.2, 0.25) is 0 Å². The van der Waals surface area contributed by atoms with E-state index in [4.69, 9.17) is 4.74 Å². The SMILES string of the molecule is COc1ccccc1-n1c(SC(C)C(=O)N2CCc3ccccc32)nnc1-c1cccs1. The zero-order valence-corrected chi connectivity index (χ0v) is 19.4. The molecule has 1 amide bonds. The summed E-state index contributed by atoms with van der Waals surface area (Å²) in [5.74, 6) is 1.53. The summed E-state index contributed by atoms with van der Waals surface area (Å²) in [5, 5.41) is 11.3. The average Bonchev–Trinajstić information content (AvgIpc) is 3.58. The van der Waals surface area contributed by atoms with E-state index in [-0.39, 0.29) is 11.2 Å². The molecule has 5 rings (SSSR count). The Labute approximate surface area is 194 Å². The molecule has 6 nitrogen and oxygen atoms in total. The minimum Gasteiger partial charge on any atom is -0.495 e. The van der Waals surface area contributed by atoms with E-state index in [0.717, 1.165) is 34.2 Å². The van der Waals surface area contributed by atoms with Crippen LogP contribution in [-0.2, 0) is 11.2 Å². The highest BCUT2D eigenvalue weighted by atomic mass is 32.2. The van der Waals surface area contributed by atoms with Gasteiger partial charge in [-0.1, -0.05) is 48.2 Å². The van der Waals surface area contributed by atoms with Crippen LogP contribution in [0.3, 0.4) is 0 Å². The first kappa shape index (κ1) is 20.8. The molecule has 2 aromatic carbocycles. The van der Waals surface area contributed by atoms with E-state index in [1.165, 1.54) is 17.3 Å². The van der Waals surface area contributed by atoms with Gasteiger partial charge >= 0.3 is 0 Å². The molecule has 3 heterocycles. The summed E-state index contributed by atoms with van der Waals surface area (Å²) in [6.07, 6.45) is 0.888. The van der Waals surface area contributed by atoms with Crippen molar-refractivity contribution in [2.45, 2.75) is 23.8 Å². The number of ether oxygens (including phenoxy) is 1. The van der Waals surface area contributed by atoms with Crippen LogP contribution in [-0.4, -0.2) is 39.6 Å². The largest absolute Gasteiger partial charge is 0.495 e. The number of amides is 1. The van der Waals surface area contributed by atoms with Gasteiger partial charge in [-0.2, -0.15) is 0 Å². The van der Waals surface area contributed by atoms with Crippen molar-refractivity contribution < 1.29 is 9.53 Å². The van der Waals surface area contributed by atoms with Gasteiger partial charge in [0.1, 0.15) is 5.75 Å². The van der Waals surface area contributed by atoms with Crippen molar-refractivity contribution in [2.24, 2.45) is 0 Å². The quantitative estimate of drug-likeness (QED) is 0.374. The molecule has 1 aliphatic heterocycles. The minimum atomic E-state index is -0.324. The third kappa shape index (κ3) is 3.69. The summed E-state index contributed by atoms with van der Waals surface area (Å²) in [6.45, 7) is 2.64. The van der Waals surface area contributed by atoms with Crippen LogP contribution in [0.15, 0.2) is 71.2 Å². The van der Waals surface area contributed by atoms with E-state index in [1.807, 2.05) is 76.4 Å². The fourth-order valence-corrected chi connectivity index (χ4v) is 5.56. The number of thioether (sulfide) groups is 1. The minimum absolute atomic E-state index is 0.0761. The molecule has 1 atom stereocenters. The van der Waals surface area contributed by atoms with Crippen molar-refractivity contribution in [2.75, 3.05) is 18.6 Å². The Morgan fingerprint density at radius 1 is 1.06 bits per heavy atom. The van der Waals surface area contributed by atoms with Crippen LogP contribution in [0, 0.1) is 0 Å². The number of carbonyl (C=O) groups excluding carboxylic acids is 1. The summed E-state index contributed by atoms with van der Waals surface area (Å²) in [7, 11) is 1.65. The molecule has 0 N–H and O–H groups in total. The number of para-hydroxylation sites is 3. The number of methoxy groups -OCH3 is 1. The van der Waals surface area contributed by atoms with Gasteiger partial charge in [0.2, 0.25) is 5.91 Å². The topological polar surface area (TPSA) is 60.2 Å². The predicted molar refractivity (Wildman–Crippen MR) is 129 cm³/mol. The Morgan fingerprint density at radius 2 is 1.84 bits per heavy atom. The Kier molecular flexibility index (Phi) is 5.71. The molecule has 162 valence electrons. The lowest BCUT2D eigenvalue weighted by molar-refractivity contribution is -0.117. The molecule has 2 aromatic heterocycles. The van der Waals surface area contributed by atoms with Crippen LogP contribution in [0.4, 0.5) is 5.69 Å². The number of carbonyl (C=O) groups is 1. The lowest BCUT2D eigenvalue weighted by Crippen LogP contribution is -2.35. The second-order valence-electron chi connectivity index (χ2n) is 7.42. The molecular formula is C24H22N4O2S2. The Bertz CT molecular complexity index is 1250. The summed E-state index contributed by atoms with van der Waals surface area (Å²) < 4.78 is 7.60. The van der Waals surface area contributed by atoms with Gasteiger partial charge in [0, 0.05) is 12.2 Å². The maximum Gasteiger partial charge on any atom is 0.240 e. The fraction of sp³-hybridized carbons (Fsp3) is 0.208. The summed E-state index contributed by atoms with van der Waals surface area (Å²) in [4.78, 5) is 16.2. The number of aromatic nitrogens is 3. The van der Waals surface area contributed by atoms with Gasteiger partial charge < -0.3 is 9.64 Å². The molecule has 0 bridgehead atoms. The molecule has 0 saturated carbocycles. The summed E-state index contributed by atoms with van der Waals surface area (Å²) in [5.41, 5.74) is 3.07. The Hall–Kier alpha value is -3.10. The normalized spacial score (nSPS) is 13.8. The summed E-state index contributed by atoms with van der Waals surface area (Å²) in [6, 6.07) is 19.9. The average molecular weight is 463 g/mol. The van der Waals surface area contributed by atoms with Crippen molar-refractivity contribution in [3.8, 4) is 22.1 Å². The molecule has 4 aromatic rings. The number of thiophene rings is 1. The van der Waals surface area contributed by atoms with E-state index >= 15 is 0 Å². The molecule has 0 spiro atoms. The molecule has 1 aliphatic rings. The fourth-order valence-electron chi connectivity index (χ4n) is 3.94. The van der Waals surface area contributed by atoms with Crippen LogP contribution < -0.4 is 9.64 Å². The monoisotopic (exact) mass is 462 g/mol. The highest BCUT2D eigenvalue weighted by Gasteiger charge is 2.30. The first-order valence-corrected chi connectivity index (χ1v) is 12.1. The van der Waals surface area contributed by atoms with Crippen LogP contribution in [0.1, 0.15) is 12.5 Å². The van der Waals surface area contributed by atoms with Crippen molar-refractivity contribution >= 4 is 34.7 Å². The molecule has 8 heteroatoms. The number of rotatable bonds is 6. The highest BCUT2D eigenvalue weighted by Crippen LogP contribution is 2.36. The van der Waals surface area contributed by atoms with Crippen LogP contribution >= 0.6 is 23.1 Å². The second kappa shape index (κ2) is 8.80. The molecule has 0 aliphatic carbocycles. The van der Waals surface area contributed by atoms with Crippen molar-refractivity contribution in [1.29, 1.82) is 0 Å². The lowest BCUT2D eigenvalue weighted by atomic mass is 10.2. The Morgan fingerprint density at radius 3 is 2.62 bits per heavy atom. The first-order valence-electron chi connectivity index (χ1n) is 10.4. The zero-order chi connectivity index (χ0) is 22.1. The third-order valence-electron chi connectivity index (χ3n) is 5.48. The number of anilines is 1. The van der Waals surface area contributed by atoms with Gasteiger partial charge in [-0.05, 0) is 48.6 Å². The van der Waals surface area contributed by atoms with Gasteiger partial charge in [0.25, 0.3) is 0 Å². The van der Waals surface area contributed by atoms with Gasteiger partial charge in [-0.15, -0.1) is 21.5 Å². The van der Waals surface area contributed by atoms with Gasteiger partial charge in [-0.25, -0.2) is 0 Å². The lowest BCUT2D eigenvalue weighted by Gasteiger charge is -2.21. The number of benzene rings is 2. The summed E-state index contributed by atoms with van der Waals surface area (Å²) >= 11 is 3.02. The second-order valence-corrected chi connectivity index (χ2v) is 9.68. The van der Waals surface area contributed by atoms with E-state index in [0.29, 0.717) is 11.7 Å². The third-order valence-corrected chi connectivity index (χ3v) is 7.38. The predicted octanol–water partition coefficient (Wildman–Crippen LogP) is 5.07. The van der Waals surface area contributed by atoms with Crippen molar-refractivity contribution in [3.05, 3.63) is 71.6 Å². The van der Waals surface area contributed by atoms with E-state index in [1.54, 1.807) is 18.4 Å². The van der Waals surface area contributed by atoms with E-state index < -0.39 is 0 Å². The first-order chi connectivity index (χ1) is 15.7. The van der Waals surface area contributed by atoms with Crippen LogP contribution in [0.5, 0.6) is 5.75 Å².